The predicted octanol–water partition coefficient (Wildman–Crippen LogP) is 7.21. The lowest BCUT2D eigenvalue weighted by molar-refractivity contribution is -0.142. The number of unbranched alkanes of at least 4 members (excludes halogenated alkanes) is 7. The summed E-state index contributed by atoms with van der Waals surface area (Å²) in [5.74, 6) is 0.877. The minimum Gasteiger partial charge on any atom is -0.466 e. The van der Waals surface area contributed by atoms with Gasteiger partial charge in [0.2, 0.25) is 5.91 Å². The molecule has 4 heteroatoms. The van der Waals surface area contributed by atoms with Crippen molar-refractivity contribution in [3.05, 3.63) is 29.8 Å². The fourth-order valence-corrected chi connectivity index (χ4v) is 4.56. The molecule has 1 N–H and O–H groups in total. The summed E-state index contributed by atoms with van der Waals surface area (Å²) in [6.07, 6.45) is 19.8. The number of amides is 1. The van der Waals surface area contributed by atoms with Gasteiger partial charge in [-0.2, -0.15) is 0 Å². The Hall–Kier alpha value is -1.84. The van der Waals surface area contributed by atoms with Crippen LogP contribution in [0.2, 0.25) is 0 Å². The molecule has 1 fully saturated rings. The fourth-order valence-electron chi connectivity index (χ4n) is 4.56. The van der Waals surface area contributed by atoms with Gasteiger partial charge in [0.25, 0.3) is 0 Å². The molecule has 1 aliphatic carbocycles. The van der Waals surface area contributed by atoms with Crippen LogP contribution in [0.5, 0.6) is 0 Å². The van der Waals surface area contributed by atoms with Crippen molar-refractivity contribution >= 4 is 17.6 Å². The Morgan fingerprint density at radius 3 is 2.13 bits per heavy atom. The number of esters is 1. The summed E-state index contributed by atoms with van der Waals surface area (Å²) in [4.78, 5) is 23.6. The topological polar surface area (TPSA) is 55.4 Å². The van der Waals surface area contributed by atoms with E-state index in [4.69, 9.17) is 4.74 Å². The number of carbonyl (C=O) groups is 2. The van der Waals surface area contributed by atoms with Gasteiger partial charge in [0.15, 0.2) is 0 Å². The number of hydrogen-bond acceptors (Lipinski definition) is 3. The van der Waals surface area contributed by atoms with Crippen molar-refractivity contribution in [1.82, 2.24) is 0 Å². The normalized spacial score (nSPS) is 14.4. The third-order valence-corrected chi connectivity index (χ3v) is 6.38. The van der Waals surface area contributed by atoms with Crippen molar-refractivity contribution in [2.24, 2.45) is 5.92 Å². The SMILES string of the molecule is CCOC(=O)Cc1ccc(NC(=O)CCCCCCCCCCC2CCCCC2)cc1. The summed E-state index contributed by atoms with van der Waals surface area (Å²) in [5.41, 5.74) is 1.68. The second kappa shape index (κ2) is 15.9. The van der Waals surface area contributed by atoms with Crippen LogP contribution >= 0.6 is 0 Å². The lowest BCUT2D eigenvalue weighted by Crippen LogP contribution is -2.11. The van der Waals surface area contributed by atoms with Crippen molar-refractivity contribution in [3.63, 3.8) is 0 Å². The van der Waals surface area contributed by atoms with Gasteiger partial charge in [-0.25, -0.2) is 0 Å². The number of anilines is 1. The van der Waals surface area contributed by atoms with E-state index in [1.807, 2.05) is 24.3 Å². The van der Waals surface area contributed by atoms with E-state index < -0.39 is 0 Å². The zero-order valence-electron chi connectivity index (χ0n) is 19.6. The maximum Gasteiger partial charge on any atom is 0.310 e. The van der Waals surface area contributed by atoms with Crippen LogP contribution < -0.4 is 5.32 Å². The van der Waals surface area contributed by atoms with Gasteiger partial charge >= 0.3 is 5.97 Å². The Morgan fingerprint density at radius 2 is 1.48 bits per heavy atom. The highest BCUT2D eigenvalue weighted by molar-refractivity contribution is 5.90. The van der Waals surface area contributed by atoms with E-state index in [1.165, 1.54) is 77.0 Å². The summed E-state index contributed by atoms with van der Waals surface area (Å²) in [6, 6.07) is 7.42. The third-order valence-electron chi connectivity index (χ3n) is 6.38. The second-order valence-electron chi connectivity index (χ2n) is 9.10. The van der Waals surface area contributed by atoms with Gasteiger partial charge in [0, 0.05) is 12.1 Å². The first-order valence-electron chi connectivity index (χ1n) is 12.7. The third kappa shape index (κ3) is 11.9. The summed E-state index contributed by atoms with van der Waals surface area (Å²) in [7, 11) is 0. The van der Waals surface area contributed by atoms with E-state index in [0.29, 0.717) is 13.0 Å². The van der Waals surface area contributed by atoms with E-state index in [1.54, 1.807) is 6.92 Å². The van der Waals surface area contributed by atoms with Crippen LogP contribution in [0, 0.1) is 5.92 Å². The summed E-state index contributed by atoms with van der Waals surface area (Å²) in [5, 5.41) is 2.94. The molecular formula is C27H43NO3. The van der Waals surface area contributed by atoms with E-state index in [9.17, 15) is 9.59 Å². The van der Waals surface area contributed by atoms with Gasteiger partial charge in [-0.1, -0.05) is 95.6 Å². The van der Waals surface area contributed by atoms with Crippen molar-refractivity contribution in [2.75, 3.05) is 11.9 Å². The van der Waals surface area contributed by atoms with Crippen molar-refractivity contribution in [1.29, 1.82) is 0 Å². The average molecular weight is 430 g/mol. The fraction of sp³-hybridized carbons (Fsp3) is 0.704. The van der Waals surface area contributed by atoms with E-state index in [-0.39, 0.29) is 18.3 Å². The molecular weight excluding hydrogens is 386 g/mol. The van der Waals surface area contributed by atoms with Crippen LogP contribution in [0.3, 0.4) is 0 Å². The Labute approximate surface area is 189 Å². The minimum atomic E-state index is -0.223. The molecule has 0 aromatic heterocycles. The Balaban J connectivity index is 1.43. The zero-order valence-corrected chi connectivity index (χ0v) is 19.6. The van der Waals surface area contributed by atoms with Gasteiger partial charge in [-0.3, -0.25) is 9.59 Å². The number of ether oxygens (including phenoxy) is 1. The van der Waals surface area contributed by atoms with Gasteiger partial charge in [-0.15, -0.1) is 0 Å². The molecule has 0 spiro atoms. The molecule has 1 aromatic carbocycles. The Morgan fingerprint density at radius 1 is 0.871 bits per heavy atom. The van der Waals surface area contributed by atoms with E-state index >= 15 is 0 Å². The maximum atomic E-state index is 12.1. The number of hydrogen-bond donors (Lipinski definition) is 1. The zero-order chi connectivity index (χ0) is 22.2. The number of benzene rings is 1. The van der Waals surface area contributed by atoms with E-state index in [0.717, 1.165) is 30.0 Å². The van der Waals surface area contributed by atoms with Crippen LogP contribution in [-0.2, 0) is 20.7 Å². The van der Waals surface area contributed by atoms with Gasteiger partial charge in [-0.05, 0) is 37.0 Å². The highest BCUT2D eigenvalue weighted by Gasteiger charge is 2.12. The number of rotatable bonds is 15. The Kier molecular flexibility index (Phi) is 13.0. The Bertz CT molecular complexity index is 620. The molecule has 0 saturated heterocycles. The first-order valence-corrected chi connectivity index (χ1v) is 12.7. The lowest BCUT2D eigenvalue weighted by Gasteiger charge is -2.21. The molecule has 0 heterocycles. The molecule has 1 aliphatic rings. The number of carbonyl (C=O) groups excluding carboxylic acids is 2. The van der Waals surface area contributed by atoms with Crippen molar-refractivity contribution in [2.45, 2.75) is 110 Å². The monoisotopic (exact) mass is 429 g/mol. The molecule has 1 saturated carbocycles. The maximum absolute atomic E-state index is 12.1. The molecule has 4 nitrogen and oxygen atoms in total. The summed E-state index contributed by atoms with van der Waals surface area (Å²) in [6.45, 7) is 2.20. The molecule has 0 radical (unpaired) electrons. The summed E-state index contributed by atoms with van der Waals surface area (Å²) >= 11 is 0. The molecule has 2 rings (SSSR count). The molecule has 174 valence electrons. The van der Waals surface area contributed by atoms with Gasteiger partial charge in [0.1, 0.15) is 0 Å². The van der Waals surface area contributed by atoms with Crippen LogP contribution in [0.1, 0.15) is 109 Å². The second-order valence-corrected chi connectivity index (χ2v) is 9.10. The highest BCUT2D eigenvalue weighted by Crippen LogP contribution is 2.28. The predicted molar refractivity (Wildman–Crippen MR) is 128 cm³/mol. The summed E-state index contributed by atoms with van der Waals surface area (Å²) < 4.78 is 4.95. The largest absolute Gasteiger partial charge is 0.466 e. The quantitative estimate of drug-likeness (QED) is 0.237. The molecule has 0 bridgehead atoms. The smallest absolute Gasteiger partial charge is 0.310 e. The van der Waals surface area contributed by atoms with Crippen molar-refractivity contribution in [3.8, 4) is 0 Å². The van der Waals surface area contributed by atoms with Gasteiger partial charge in [0.05, 0.1) is 13.0 Å². The van der Waals surface area contributed by atoms with Crippen LogP contribution in [0.15, 0.2) is 24.3 Å². The molecule has 1 aromatic rings. The molecule has 0 aliphatic heterocycles. The standard InChI is InChI=1S/C27H43NO3/c1-2-31-27(30)22-24-18-20-25(21-19-24)28-26(29)17-13-8-6-4-3-5-7-10-14-23-15-11-9-12-16-23/h18-21,23H,2-17,22H2,1H3,(H,28,29). The van der Waals surface area contributed by atoms with Crippen LogP contribution in [-0.4, -0.2) is 18.5 Å². The number of nitrogens with one attached hydrogen (secondary N) is 1. The van der Waals surface area contributed by atoms with Crippen LogP contribution in [0.25, 0.3) is 0 Å². The van der Waals surface area contributed by atoms with Crippen molar-refractivity contribution < 1.29 is 14.3 Å². The first-order chi connectivity index (χ1) is 15.2. The minimum absolute atomic E-state index is 0.0702. The highest BCUT2D eigenvalue weighted by atomic mass is 16.5. The first kappa shape index (κ1) is 25.4. The lowest BCUT2D eigenvalue weighted by atomic mass is 9.85. The molecule has 0 atom stereocenters. The van der Waals surface area contributed by atoms with E-state index in [2.05, 4.69) is 5.32 Å². The molecule has 1 amide bonds. The molecule has 31 heavy (non-hydrogen) atoms. The van der Waals surface area contributed by atoms with Crippen LogP contribution in [0.4, 0.5) is 5.69 Å². The molecule has 0 unspecified atom stereocenters. The average Bonchev–Trinajstić information content (AvgIpc) is 2.77. The van der Waals surface area contributed by atoms with Gasteiger partial charge < -0.3 is 10.1 Å².